The number of guanidine groups is 1. The van der Waals surface area contributed by atoms with Crippen molar-refractivity contribution in [1.29, 1.82) is 0 Å². The molecule has 1 aliphatic rings. The number of nitrogens with one attached hydrogen (secondary N) is 1. The number of ether oxygens (including phenoxy) is 1. The Kier molecular flexibility index (Phi) is 9.66. The predicted molar refractivity (Wildman–Crippen MR) is 117 cm³/mol. The van der Waals surface area contributed by atoms with Gasteiger partial charge in [0.25, 0.3) is 0 Å². The summed E-state index contributed by atoms with van der Waals surface area (Å²) < 4.78 is 5.43. The van der Waals surface area contributed by atoms with Crippen LogP contribution in [0.4, 0.5) is 0 Å². The molecule has 1 saturated heterocycles. The smallest absolute Gasteiger partial charge is 0.193 e. The number of thiazole rings is 1. The maximum absolute atomic E-state index is 5.43. The lowest BCUT2D eigenvalue weighted by molar-refractivity contribution is 0.0625. The van der Waals surface area contributed by atoms with Gasteiger partial charge in [-0.1, -0.05) is 20.8 Å². The molecule has 144 valence electrons. The Bertz CT molecular complexity index is 535. The van der Waals surface area contributed by atoms with Gasteiger partial charge in [-0.05, 0) is 25.2 Å². The van der Waals surface area contributed by atoms with Gasteiger partial charge in [-0.15, -0.1) is 35.3 Å². The fraction of sp³-hybridized carbons (Fsp3) is 0.778. The molecule has 2 rings (SSSR count). The van der Waals surface area contributed by atoms with E-state index in [1.807, 2.05) is 7.05 Å². The topological polar surface area (TPSA) is 49.8 Å². The van der Waals surface area contributed by atoms with Gasteiger partial charge >= 0.3 is 0 Å². The van der Waals surface area contributed by atoms with Crippen LogP contribution >= 0.6 is 35.3 Å². The number of halogens is 1. The second kappa shape index (κ2) is 10.7. The van der Waals surface area contributed by atoms with Crippen LogP contribution in [0.3, 0.4) is 0 Å². The summed E-state index contributed by atoms with van der Waals surface area (Å²) in [7, 11) is 3.95. The lowest BCUT2D eigenvalue weighted by Gasteiger charge is -2.26. The predicted octanol–water partition coefficient (Wildman–Crippen LogP) is 3.88. The Labute approximate surface area is 173 Å². The molecule has 1 aliphatic heterocycles. The molecule has 0 aromatic carbocycles. The minimum atomic E-state index is 0. The van der Waals surface area contributed by atoms with Crippen molar-refractivity contribution in [3.8, 4) is 0 Å². The van der Waals surface area contributed by atoms with E-state index in [0.717, 1.165) is 43.9 Å². The molecule has 0 spiro atoms. The van der Waals surface area contributed by atoms with Crippen molar-refractivity contribution >= 4 is 41.3 Å². The number of aromatic nitrogens is 1. The molecule has 1 fully saturated rings. The van der Waals surface area contributed by atoms with Crippen LogP contribution < -0.4 is 5.32 Å². The summed E-state index contributed by atoms with van der Waals surface area (Å²) in [5.74, 6) is 1.72. The normalized spacial score (nSPS) is 16.4. The van der Waals surface area contributed by atoms with E-state index in [-0.39, 0.29) is 29.4 Å². The molecule has 1 N–H and O–H groups in total. The number of aliphatic imine (C=N–C) groups is 1. The second-order valence-corrected chi connectivity index (χ2v) is 8.42. The van der Waals surface area contributed by atoms with Gasteiger partial charge in [0.2, 0.25) is 0 Å². The lowest BCUT2D eigenvalue weighted by Crippen LogP contribution is -2.39. The monoisotopic (exact) mass is 480 g/mol. The van der Waals surface area contributed by atoms with Gasteiger partial charge in [-0.25, -0.2) is 4.98 Å². The minimum absolute atomic E-state index is 0. The number of nitrogens with zero attached hydrogens (tertiary/aromatic N) is 3. The van der Waals surface area contributed by atoms with Crippen molar-refractivity contribution in [2.45, 2.75) is 52.0 Å². The third-order valence-electron chi connectivity index (χ3n) is 4.41. The average Bonchev–Trinajstić information content (AvgIpc) is 3.04. The van der Waals surface area contributed by atoms with Crippen LogP contribution in [0.25, 0.3) is 0 Å². The molecule has 0 aliphatic carbocycles. The maximum Gasteiger partial charge on any atom is 0.193 e. The van der Waals surface area contributed by atoms with Gasteiger partial charge < -0.3 is 15.0 Å². The number of hydrogen-bond acceptors (Lipinski definition) is 4. The Balaban J connectivity index is 0.00000312. The molecular weight excluding hydrogens is 447 g/mol. The third kappa shape index (κ3) is 7.38. The van der Waals surface area contributed by atoms with Gasteiger partial charge in [0.1, 0.15) is 0 Å². The molecule has 7 heteroatoms. The van der Waals surface area contributed by atoms with Crippen LogP contribution in [0.5, 0.6) is 0 Å². The van der Waals surface area contributed by atoms with Gasteiger partial charge in [0.05, 0.1) is 17.2 Å². The van der Waals surface area contributed by atoms with Gasteiger partial charge in [0.15, 0.2) is 5.96 Å². The van der Waals surface area contributed by atoms with E-state index in [0.29, 0.717) is 0 Å². The van der Waals surface area contributed by atoms with E-state index >= 15 is 0 Å². The van der Waals surface area contributed by atoms with Crippen molar-refractivity contribution in [3.05, 3.63) is 16.1 Å². The molecule has 25 heavy (non-hydrogen) atoms. The largest absolute Gasteiger partial charge is 0.381 e. The summed E-state index contributed by atoms with van der Waals surface area (Å²) in [4.78, 5) is 11.4. The van der Waals surface area contributed by atoms with Crippen molar-refractivity contribution < 1.29 is 4.74 Å². The molecule has 0 atom stereocenters. The minimum Gasteiger partial charge on any atom is -0.381 e. The van der Waals surface area contributed by atoms with Crippen LogP contribution in [0.1, 0.15) is 50.7 Å². The molecule has 0 bridgehead atoms. The van der Waals surface area contributed by atoms with E-state index in [1.54, 1.807) is 11.3 Å². The Morgan fingerprint density at radius 2 is 2.08 bits per heavy atom. The van der Waals surface area contributed by atoms with Crippen LogP contribution in [0.2, 0.25) is 0 Å². The zero-order valence-electron chi connectivity index (χ0n) is 16.2. The van der Waals surface area contributed by atoms with E-state index in [4.69, 9.17) is 9.72 Å². The van der Waals surface area contributed by atoms with Gasteiger partial charge in [-0.3, -0.25) is 4.99 Å². The van der Waals surface area contributed by atoms with Crippen molar-refractivity contribution in [1.82, 2.24) is 15.2 Å². The lowest BCUT2D eigenvalue weighted by atomic mass is 9.96. The molecule has 1 aromatic heterocycles. The van der Waals surface area contributed by atoms with Crippen LogP contribution in [0.15, 0.2) is 10.4 Å². The quantitative estimate of drug-likeness (QED) is 0.395. The first-order valence-corrected chi connectivity index (χ1v) is 9.72. The van der Waals surface area contributed by atoms with Gasteiger partial charge in [-0.2, -0.15) is 0 Å². The fourth-order valence-corrected chi connectivity index (χ4v) is 3.71. The van der Waals surface area contributed by atoms with E-state index in [2.05, 4.69) is 48.4 Å². The first-order valence-electron chi connectivity index (χ1n) is 8.84. The summed E-state index contributed by atoms with van der Waals surface area (Å²) in [6.07, 6.45) is 3.58. The third-order valence-corrected chi connectivity index (χ3v) is 5.72. The standard InChI is InChI=1S/C18H32N4OS.HI/c1-18(2,3)16-21-15(13-24-16)12-20-17(19-4)22(5)9-6-14-7-10-23-11-8-14;/h13-14H,6-12H2,1-5H3,(H,19,20);1H. The number of hydrogen-bond donors (Lipinski definition) is 1. The van der Waals surface area contributed by atoms with Gasteiger partial charge in [0, 0.05) is 44.6 Å². The first kappa shape index (κ1) is 22.6. The molecule has 5 nitrogen and oxygen atoms in total. The van der Waals surface area contributed by atoms with Crippen LogP contribution in [-0.4, -0.2) is 49.7 Å². The summed E-state index contributed by atoms with van der Waals surface area (Å²) in [5, 5.41) is 6.76. The first-order chi connectivity index (χ1) is 11.4. The van der Waals surface area contributed by atoms with Crippen molar-refractivity contribution in [3.63, 3.8) is 0 Å². The highest BCUT2D eigenvalue weighted by molar-refractivity contribution is 14.0. The Morgan fingerprint density at radius 3 is 2.64 bits per heavy atom. The molecule has 1 aromatic rings. The van der Waals surface area contributed by atoms with E-state index in [9.17, 15) is 0 Å². The SMILES string of the molecule is CN=C(NCc1csc(C(C)(C)C)n1)N(C)CCC1CCOCC1.I. The van der Waals surface area contributed by atoms with E-state index in [1.165, 1.54) is 24.3 Å². The zero-order chi connectivity index (χ0) is 17.6. The highest BCUT2D eigenvalue weighted by Crippen LogP contribution is 2.25. The highest BCUT2D eigenvalue weighted by Gasteiger charge is 2.18. The molecule has 0 unspecified atom stereocenters. The Morgan fingerprint density at radius 1 is 1.40 bits per heavy atom. The molecule has 0 amide bonds. The van der Waals surface area contributed by atoms with Crippen molar-refractivity contribution in [2.75, 3.05) is 33.9 Å². The summed E-state index contributed by atoms with van der Waals surface area (Å²) in [6.45, 7) is 10.2. The molecule has 2 heterocycles. The highest BCUT2D eigenvalue weighted by atomic mass is 127. The molecular formula is C18H33IN4OS. The van der Waals surface area contributed by atoms with Crippen LogP contribution in [0, 0.1) is 5.92 Å². The fourth-order valence-electron chi connectivity index (χ4n) is 2.80. The number of rotatable bonds is 5. The average molecular weight is 480 g/mol. The van der Waals surface area contributed by atoms with E-state index < -0.39 is 0 Å². The summed E-state index contributed by atoms with van der Waals surface area (Å²) in [6, 6.07) is 0. The second-order valence-electron chi connectivity index (χ2n) is 7.56. The maximum atomic E-state index is 5.43. The Hall–Kier alpha value is -0.410. The summed E-state index contributed by atoms with van der Waals surface area (Å²) >= 11 is 1.74. The molecule has 0 saturated carbocycles. The van der Waals surface area contributed by atoms with Crippen molar-refractivity contribution in [2.24, 2.45) is 10.9 Å². The van der Waals surface area contributed by atoms with Crippen LogP contribution in [-0.2, 0) is 16.7 Å². The molecule has 0 radical (unpaired) electrons. The summed E-state index contributed by atoms with van der Waals surface area (Å²) in [5.41, 5.74) is 1.20. The zero-order valence-corrected chi connectivity index (χ0v) is 19.3.